The van der Waals surface area contributed by atoms with Crippen LogP contribution in [0.5, 0.6) is 0 Å². The summed E-state index contributed by atoms with van der Waals surface area (Å²) in [6.07, 6.45) is 0. The first-order valence-corrected chi connectivity index (χ1v) is 4.98. The van der Waals surface area contributed by atoms with Crippen LogP contribution in [0.25, 0.3) is 0 Å². The first-order chi connectivity index (χ1) is 7.91. The van der Waals surface area contributed by atoms with Crippen molar-refractivity contribution in [2.75, 3.05) is 11.4 Å². The number of carbonyl (C=O) groups excluding carboxylic acids is 2. The SMILES string of the molecule is C=C(Cl)CN1C(=O)C(=O)c2c(F)cc(F)cc21. The zero-order chi connectivity index (χ0) is 12.7. The number of hydrogen-bond acceptors (Lipinski definition) is 2. The lowest BCUT2D eigenvalue weighted by molar-refractivity contribution is -0.114. The predicted octanol–water partition coefficient (Wildman–Crippen LogP) is 2.25. The Morgan fingerprint density at radius 3 is 2.59 bits per heavy atom. The molecule has 0 unspecified atom stereocenters. The van der Waals surface area contributed by atoms with Gasteiger partial charge in [0.2, 0.25) is 0 Å². The van der Waals surface area contributed by atoms with Gasteiger partial charge in [-0.1, -0.05) is 18.2 Å². The van der Waals surface area contributed by atoms with Crippen molar-refractivity contribution in [2.24, 2.45) is 0 Å². The van der Waals surface area contributed by atoms with E-state index in [9.17, 15) is 18.4 Å². The molecule has 0 radical (unpaired) electrons. The highest BCUT2D eigenvalue weighted by atomic mass is 35.5. The van der Waals surface area contributed by atoms with E-state index in [0.29, 0.717) is 6.07 Å². The van der Waals surface area contributed by atoms with Gasteiger partial charge in [-0.25, -0.2) is 8.78 Å². The van der Waals surface area contributed by atoms with E-state index in [1.165, 1.54) is 0 Å². The molecule has 1 aromatic rings. The van der Waals surface area contributed by atoms with Crippen LogP contribution in [0.2, 0.25) is 0 Å². The maximum atomic E-state index is 13.4. The van der Waals surface area contributed by atoms with Crippen LogP contribution in [-0.2, 0) is 4.79 Å². The molecule has 0 saturated heterocycles. The Kier molecular flexibility index (Phi) is 2.71. The predicted molar refractivity (Wildman–Crippen MR) is 58.0 cm³/mol. The zero-order valence-corrected chi connectivity index (χ0v) is 9.22. The minimum Gasteiger partial charge on any atom is -0.299 e. The highest BCUT2D eigenvalue weighted by molar-refractivity contribution is 6.52. The van der Waals surface area contributed by atoms with Gasteiger partial charge in [0, 0.05) is 11.1 Å². The smallest absolute Gasteiger partial charge is 0.299 e. The van der Waals surface area contributed by atoms with E-state index in [4.69, 9.17) is 11.6 Å². The number of ketones is 1. The van der Waals surface area contributed by atoms with E-state index in [1.807, 2.05) is 0 Å². The van der Waals surface area contributed by atoms with Crippen molar-refractivity contribution in [2.45, 2.75) is 0 Å². The molecule has 0 N–H and O–H groups in total. The maximum Gasteiger partial charge on any atom is 0.299 e. The van der Waals surface area contributed by atoms with Gasteiger partial charge in [-0.15, -0.1) is 0 Å². The molecule has 1 aromatic carbocycles. The summed E-state index contributed by atoms with van der Waals surface area (Å²) in [4.78, 5) is 23.9. The molecule has 0 atom stereocenters. The van der Waals surface area contributed by atoms with Gasteiger partial charge >= 0.3 is 0 Å². The fourth-order valence-electron chi connectivity index (χ4n) is 1.67. The highest BCUT2D eigenvalue weighted by Gasteiger charge is 2.38. The third-order valence-corrected chi connectivity index (χ3v) is 2.44. The number of anilines is 1. The fourth-order valence-corrected chi connectivity index (χ4v) is 1.78. The average molecular weight is 258 g/mol. The van der Waals surface area contributed by atoms with Crippen LogP contribution in [0, 0.1) is 11.6 Å². The summed E-state index contributed by atoms with van der Waals surface area (Å²) in [5, 5.41) is 0.0867. The van der Waals surface area contributed by atoms with Gasteiger partial charge in [-0.05, 0) is 6.07 Å². The third-order valence-electron chi connectivity index (χ3n) is 2.32. The topological polar surface area (TPSA) is 37.4 Å². The monoisotopic (exact) mass is 257 g/mol. The van der Waals surface area contributed by atoms with Gasteiger partial charge in [-0.3, -0.25) is 14.5 Å². The first-order valence-electron chi connectivity index (χ1n) is 4.60. The molecule has 1 amide bonds. The molecule has 1 aliphatic heterocycles. The molecule has 0 aliphatic carbocycles. The van der Waals surface area contributed by atoms with Crippen molar-refractivity contribution < 1.29 is 18.4 Å². The van der Waals surface area contributed by atoms with Gasteiger partial charge in [0.1, 0.15) is 11.6 Å². The Morgan fingerprint density at radius 1 is 1.35 bits per heavy atom. The molecule has 88 valence electrons. The molecular weight excluding hydrogens is 252 g/mol. The van der Waals surface area contributed by atoms with Gasteiger partial charge in [-0.2, -0.15) is 0 Å². The van der Waals surface area contributed by atoms with Crippen LogP contribution in [0.3, 0.4) is 0 Å². The van der Waals surface area contributed by atoms with Crippen LogP contribution in [0.4, 0.5) is 14.5 Å². The summed E-state index contributed by atoms with van der Waals surface area (Å²) in [6.45, 7) is 3.20. The van der Waals surface area contributed by atoms with Crippen LogP contribution in [-0.4, -0.2) is 18.2 Å². The summed E-state index contributed by atoms with van der Waals surface area (Å²) in [5.74, 6) is -3.86. The second-order valence-electron chi connectivity index (χ2n) is 3.52. The highest BCUT2D eigenvalue weighted by Crippen LogP contribution is 2.32. The molecule has 1 aliphatic rings. The third kappa shape index (κ3) is 1.82. The summed E-state index contributed by atoms with van der Waals surface area (Å²) in [5.41, 5.74) is -0.534. The standard InChI is InChI=1S/C11H6ClF2NO2/c1-5(12)4-15-8-3-6(13)2-7(14)9(8)10(16)11(15)17/h2-3H,1,4H2. The van der Waals surface area contributed by atoms with Crippen LogP contribution in [0.15, 0.2) is 23.7 Å². The molecular formula is C11H6ClF2NO2. The van der Waals surface area contributed by atoms with Crippen molar-refractivity contribution in [1.82, 2.24) is 0 Å². The molecule has 1 heterocycles. The molecule has 0 aromatic heterocycles. The molecule has 0 saturated carbocycles. The number of carbonyl (C=O) groups is 2. The zero-order valence-electron chi connectivity index (χ0n) is 8.47. The van der Waals surface area contributed by atoms with Crippen LogP contribution >= 0.6 is 11.6 Å². The lowest BCUT2D eigenvalue weighted by Crippen LogP contribution is -2.30. The molecule has 6 heteroatoms. The number of fused-ring (bicyclic) bond motifs is 1. The molecule has 0 fully saturated rings. The van der Waals surface area contributed by atoms with Crippen molar-refractivity contribution >= 4 is 29.0 Å². The summed E-state index contributed by atoms with van der Waals surface area (Å²) >= 11 is 5.53. The van der Waals surface area contributed by atoms with Crippen LogP contribution in [0.1, 0.15) is 10.4 Å². The summed E-state index contributed by atoms with van der Waals surface area (Å²) in [7, 11) is 0. The Labute approximate surface area is 100 Å². The molecule has 3 nitrogen and oxygen atoms in total. The molecule has 0 spiro atoms. The van der Waals surface area contributed by atoms with E-state index in [2.05, 4.69) is 6.58 Å². The fraction of sp³-hybridized carbons (Fsp3) is 0.0909. The second kappa shape index (κ2) is 3.92. The number of amides is 1. The van der Waals surface area contributed by atoms with E-state index in [0.717, 1.165) is 11.0 Å². The van der Waals surface area contributed by atoms with E-state index < -0.39 is 28.9 Å². The Hall–Kier alpha value is -1.75. The number of rotatable bonds is 2. The minimum atomic E-state index is -1.05. The van der Waals surface area contributed by atoms with Crippen LogP contribution < -0.4 is 4.90 Å². The Balaban J connectivity index is 2.59. The lowest BCUT2D eigenvalue weighted by atomic mass is 10.1. The van der Waals surface area contributed by atoms with Gasteiger partial charge in [0.15, 0.2) is 0 Å². The number of nitrogens with zero attached hydrogens (tertiary/aromatic N) is 1. The van der Waals surface area contributed by atoms with Gasteiger partial charge < -0.3 is 0 Å². The van der Waals surface area contributed by atoms with Crippen molar-refractivity contribution in [3.8, 4) is 0 Å². The molecule has 0 bridgehead atoms. The molecule has 17 heavy (non-hydrogen) atoms. The van der Waals surface area contributed by atoms with Gasteiger partial charge in [0.05, 0.1) is 17.8 Å². The minimum absolute atomic E-state index is 0.0867. The number of halogens is 3. The number of benzene rings is 1. The Bertz CT molecular complexity index is 557. The van der Waals surface area contributed by atoms with E-state index in [1.54, 1.807) is 0 Å². The van der Waals surface area contributed by atoms with E-state index in [-0.39, 0.29) is 17.3 Å². The largest absolute Gasteiger partial charge is 0.299 e. The number of hydrogen-bond donors (Lipinski definition) is 0. The molecule has 2 rings (SSSR count). The Morgan fingerprint density at radius 2 is 2.00 bits per heavy atom. The number of Topliss-reactive ketones (excluding diaryl/α,β-unsaturated/α-hetero) is 1. The lowest BCUT2D eigenvalue weighted by Gasteiger charge is -2.15. The average Bonchev–Trinajstić information content (AvgIpc) is 2.42. The van der Waals surface area contributed by atoms with Gasteiger partial charge in [0.25, 0.3) is 11.7 Å². The van der Waals surface area contributed by atoms with Crippen molar-refractivity contribution in [3.05, 3.63) is 40.9 Å². The van der Waals surface area contributed by atoms with Crippen molar-refractivity contribution in [3.63, 3.8) is 0 Å². The summed E-state index contributed by atoms with van der Waals surface area (Å²) in [6, 6.07) is 1.48. The normalized spacial score (nSPS) is 14.2. The summed E-state index contributed by atoms with van der Waals surface area (Å²) < 4.78 is 26.4. The van der Waals surface area contributed by atoms with Crippen molar-refractivity contribution in [1.29, 1.82) is 0 Å². The quantitative estimate of drug-likeness (QED) is 0.762. The van der Waals surface area contributed by atoms with E-state index >= 15 is 0 Å². The first kappa shape index (κ1) is 11.7. The maximum absolute atomic E-state index is 13.4. The second-order valence-corrected chi connectivity index (χ2v) is 4.05.